The van der Waals surface area contributed by atoms with E-state index in [0.717, 1.165) is 18.1 Å². The first kappa shape index (κ1) is 12.3. The molecule has 2 unspecified atom stereocenters. The van der Waals surface area contributed by atoms with Crippen LogP contribution in [0.15, 0.2) is 0 Å². The molecular formula is C11H23NOS. The second-order valence-corrected chi connectivity index (χ2v) is 5.83. The molecule has 0 amide bonds. The predicted octanol–water partition coefficient (Wildman–Crippen LogP) is 2.02. The van der Waals surface area contributed by atoms with Crippen LogP contribution in [0.2, 0.25) is 0 Å². The van der Waals surface area contributed by atoms with Crippen LogP contribution >= 0.6 is 11.8 Å². The van der Waals surface area contributed by atoms with Gasteiger partial charge in [-0.05, 0) is 25.5 Å². The standard InChI is InChI=1S/C11H23NOS/c1-9(2)12-11(8-13)6-4-5-10(7-11)14-3/h9-10,12-13H,4-8H2,1-3H3. The number of aliphatic hydroxyl groups excluding tert-OH is 1. The first-order valence-corrected chi connectivity index (χ1v) is 6.82. The topological polar surface area (TPSA) is 32.3 Å². The fourth-order valence-corrected chi connectivity index (χ4v) is 3.33. The Morgan fingerprint density at radius 1 is 1.57 bits per heavy atom. The minimum Gasteiger partial charge on any atom is -0.394 e. The summed E-state index contributed by atoms with van der Waals surface area (Å²) in [6, 6.07) is 0.461. The molecule has 1 saturated carbocycles. The number of thioether (sulfide) groups is 1. The van der Waals surface area contributed by atoms with Crippen molar-refractivity contribution in [1.29, 1.82) is 0 Å². The summed E-state index contributed by atoms with van der Waals surface area (Å²) in [4.78, 5) is 0. The maximum Gasteiger partial charge on any atom is 0.0613 e. The van der Waals surface area contributed by atoms with Crippen molar-refractivity contribution in [3.8, 4) is 0 Å². The Kier molecular flexibility index (Phi) is 4.74. The Labute approximate surface area is 91.9 Å². The van der Waals surface area contributed by atoms with Crippen LogP contribution in [0.3, 0.4) is 0 Å². The Bertz CT molecular complexity index is 175. The number of rotatable bonds is 4. The molecule has 0 bridgehead atoms. The van der Waals surface area contributed by atoms with E-state index in [1.807, 2.05) is 11.8 Å². The molecule has 2 N–H and O–H groups in total. The molecule has 0 heterocycles. The molecule has 0 aromatic rings. The quantitative estimate of drug-likeness (QED) is 0.755. The van der Waals surface area contributed by atoms with Gasteiger partial charge in [-0.1, -0.05) is 20.3 Å². The van der Waals surface area contributed by atoms with Crippen LogP contribution in [-0.2, 0) is 0 Å². The molecule has 3 heteroatoms. The molecule has 0 saturated heterocycles. The molecule has 1 rings (SSSR count). The Balaban J connectivity index is 2.58. The maximum absolute atomic E-state index is 9.53. The van der Waals surface area contributed by atoms with Crippen molar-refractivity contribution in [1.82, 2.24) is 5.32 Å². The molecule has 0 aromatic carbocycles. The minimum atomic E-state index is 0.0000926. The molecule has 2 nitrogen and oxygen atoms in total. The first-order chi connectivity index (χ1) is 6.62. The van der Waals surface area contributed by atoms with E-state index in [0.29, 0.717) is 6.04 Å². The smallest absolute Gasteiger partial charge is 0.0613 e. The van der Waals surface area contributed by atoms with Crippen LogP contribution in [0.25, 0.3) is 0 Å². The number of hydrogen-bond acceptors (Lipinski definition) is 3. The van der Waals surface area contributed by atoms with E-state index in [1.165, 1.54) is 12.8 Å². The predicted molar refractivity (Wildman–Crippen MR) is 63.9 cm³/mol. The fraction of sp³-hybridized carbons (Fsp3) is 1.00. The Hall–Kier alpha value is 0.270. The monoisotopic (exact) mass is 217 g/mol. The van der Waals surface area contributed by atoms with Crippen LogP contribution in [0.4, 0.5) is 0 Å². The Morgan fingerprint density at radius 3 is 2.79 bits per heavy atom. The lowest BCUT2D eigenvalue weighted by molar-refractivity contribution is 0.115. The van der Waals surface area contributed by atoms with Crippen LogP contribution in [0.5, 0.6) is 0 Å². The van der Waals surface area contributed by atoms with Crippen molar-refractivity contribution in [2.75, 3.05) is 12.9 Å². The van der Waals surface area contributed by atoms with Gasteiger partial charge in [0.05, 0.1) is 6.61 Å². The van der Waals surface area contributed by atoms with Crippen molar-refractivity contribution < 1.29 is 5.11 Å². The maximum atomic E-state index is 9.53. The Morgan fingerprint density at radius 2 is 2.29 bits per heavy atom. The van der Waals surface area contributed by atoms with Gasteiger partial charge in [-0.3, -0.25) is 0 Å². The number of hydrogen-bond donors (Lipinski definition) is 2. The molecule has 1 fully saturated rings. The van der Waals surface area contributed by atoms with Crippen LogP contribution in [-0.4, -0.2) is 34.8 Å². The summed E-state index contributed by atoms with van der Waals surface area (Å²) < 4.78 is 0. The van der Waals surface area contributed by atoms with Gasteiger partial charge in [0, 0.05) is 16.8 Å². The lowest BCUT2D eigenvalue weighted by Gasteiger charge is -2.41. The van der Waals surface area contributed by atoms with Gasteiger partial charge in [0.25, 0.3) is 0 Å². The van der Waals surface area contributed by atoms with Crippen molar-refractivity contribution in [3.63, 3.8) is 0 Å². The van der Waals surface area contributed by atoms with E-state index < -0.39 is 0 Å². The van der Waals surface area contributed by atoms with E-state index in [4.69, 9.17) is 0 Å². The highest BCUT2D eigenvalue weighted by Crippen LogP contribution is 2.34. The molecule has 0 aliphatic heterocycles. The average Bonchev–Trinajstić information content (AvgIpc) is 2.17. The summed E-state index contributed by atoms with van der Waals surface area (Å²) in [5.41, 5.74) is 0.0000926. The largest absolute Gasteiger partial charge is 0.394 e. The lowest BCUT2D eigenvalue weighted by atomic mass is 9.81. The molecule has 84 valence electrons. The van der Waals surface area contributed by atoms with Gasteiger partial charge in [0.2, 0.25) is 0 Å². The summed E-state index contributed by atoms with van der Waals surface area (Å²) >= 11 is 1.94. The number of aliphatic hydroxyl groups is 1. The minimum absolute atomic E-state index is 0.0000926. The van der Waals surface area contributed by atoms with Gasteiger partial charge >= 0.3 is 0 Å². The zero-order valence-electron chi connectivity index (χ0n) is 9.55. The van der Waals surface area contributed by atoms with E-state index in [9.17, 15) is 5.11 Å². The molecule has 0 spiro atoms. The highest BCUT2D eigenvalue weighted by molar-refractivity contribution is 7.99. The van der Waals surface area contributed by atoms with Gasteiger partial charge in [0.15, 0.2) is 0 Å². The van der Waals surface area contributed by atoms with Crippen LogP contribution < -0.4 is 5.32 Å². The van der Waals surface area contributed by atoms with E-state index in [-0.39, 0.29) is 12.1 Å². The molecule has 2 atom stereocenters. The summed E-state index contributed by atoms with van der Waals surface area (Å²) in [6.45, 7) is 4.59. The van der Waals surface area contributed by atoms with Crippen LogP contribution in [0.1, 0.15) is 39.5 Å². The first-order valence-electron chi connectivity index (χ1n) is 5.53. The summed E-state index contributed by atoms with van der Waals surface area (Å²) in [5.74, 6) is 0. The third kappa shape index (κ3) is 3.14. The van der Waals surface area contributed by atoms with E-state index in [2.05, 4.69) is 25.4 Å². The SMILES string of the molecule is CSC1CCCC(CO)(NC(C)C)C1. The molecule has 14 heavy (non-hydrogen) atoms. The van der Waals surface area contributed by atoms with Crippen molar-refractivity contribution in [3.05, 3.63) is 0 Å². The van der Waals surface area contributed by atoms with Crippen LogP contribution in [0, 0.1) is 0 Å². The van der Waals surface area contributed by atoms with Crippen molar-refractivity contribution >= 4 is 11.8 Å². The van der Waals surface area contributed by atoms with E-state index >= 15 is 0 Å². The summed E-state index contributed by atoms with van der Waals surface area (Å²) in [5, 5.41) is 13.8. The third-order valence-corrected chi connectivity index (χ3v) is 4.10. The van der Waals surface area contributed by atoms with Crippen molar-refractivity contribution in [2.24, 2.45) is 0 Å². The lowest BCUT2D eigenvalue weighted by Crippen LogP contribution is -2.54. The molecule has 1 aliphatic rings. The number of nitrogens with one attached hydrogen (secondary N) is 1. The van der Waals surface area contributed by atoms with Gasteiger partial charge in [-0.25, -0.2) is 0 Å². The van der Waals surface area contributed by atoms with Gasteiger partial charge in [0.1, 0.15) is 0 Å². The molecule has 0 radical (unpaired) electrons. The van der Waals surface area contributed by atoms with Gasteiger partial charge in [-0.2, -0.15) is 11.8 Å². The van der Waals surface area contributed by atoms with Gasteiger partial charge < -0.3 is 10.4 Å². The molecule has 1 aliphatic carbocycles. The second kappa shape index (κ2) is 5.38. The zero-order chi connectivity index (χ0) is 10.6. The molecular weight excluding hydrogens is 194 g/mol. The van der Waals surface area contributed by atoms with E-state index in [1.54, 1.807) is 0 Å². The summed E-state index contributed by atoms with van der Waals surface area (Å²) in [6.07, 6.45) is 6.96. The van der Waals surface area contributed by atoms with Gasteiger partial charge in [-0.15, -0.1) is 0 Å². The highest BCUT2D eigenvalue weighted by atomic mass is 32.2. The summed E-state index contributed by atoms with van der Waals surface area (Å²) in [7, 11) is 0. The second-order valence-electron chi connectivity index (χ2n) is 4.69. The highest BCUT2D eigenvalue weighted by Gasteiger charge is 2.35. The third-order valence-electron chi connectivity index (χ3n) is 3.03. The average molecular weight is 217 g/mol. The zero-order valence-corrected chi connectivity index (χ0v) is 10.4. The normalized spacial score (nSPS) is 33.6. The molecule has 0 aromatic heterocycles. The van der Waals surface area contributed by atoms with Crippen molar-refractivity contribution in [2.45, 2.75) is 56.4 Å². The fourth-order valence-electron chi connectivity index (χ4n) is 2.44.